The Bertz CT molecular complexity index is 850. The molecule has 2 nitrogen and oxygen atoms in total. The Balaban J connectivity index is 3.13. The first-order valence-corrected chi connectivity index (χ1v) is 6.78. The van der Waals surface area contributed by atoms with Crippen molar-refractivity contribution < 1.29 is 52.7 Å². The molecule has 1 atom stereocenters. The highest BCUT2D eigenvalue weighted by Crippen LogP contribution is 2.64. The highest BCUT2D eigenvalue weighted by molar-refractivity contribution is 5.79. The van der Waals surface area contributed by atoms with Crippen molar-refractivity contribution in [2.24, 2.45) is 11.1 Å². The summed E-state index contributed by atoms with van der Waals surface area (Å²) in [7, 11) is 0. The molecule has 1 aromatic carbocycles. The van der Waals surface area contributed by atoms with Crippen molar-refractivity contribution in [2.75, 3.05) is 5.73 Å². The highest BCUT2D eigenvalue weighted by Gasteiger charge is 2.78. The first-order chi connectivity index (χ1) is 12.5. The van der Waals surface area contributed by atoms with E-state index >= 15 is 0 Å². The monoisotopic (exact) mass is 430 g/mol. The van der Waals surface area contributed by atoms with Crippen molar-refractivity contribution in [3.63, 3.8) is 0 Å². The fourth-order valence-corrected chi connectivity index (χ4v) is 2.72. The average Bonchev–Trinajstić information content (AvgIpc) is 2.54. The summed E-state index contributed by atoms with van der Waals surface area (Å²) in [6.45, 7) is 0. The van der Waals surface area contributed by atoms with Gasteiger partial charge in [0, 0.05) is 0 Å². The van der Waals surface area contributed by atoms with E-state index in [0.717, 1.165) is 0 Å². The van der Waals surface area contributed by atoms with Crippen LogP contribution in [-0.4, -0.2) is 18.5 Å². The molecule has 0 saturated carbocycles. The molecule has 0 aromatic heterocycles. The molecule has 156 valence electrons. The summed E-state index contributed by atoms with van der Waals surface area (Å²) in [6, 6.07) is 0. The van der Waals surface area contributed by atoms with Crippen molar-refractivity contribution in [2.45, 2.75) is 18.5 Å². The molecule has 0 spiro atoms. The van der Waals surface area contributed by atoms with Crippen LogP contribution in [0.25, 0.3) is 5.57 Å². The summed E-state index contributed by atoms with van der Waals surface area (Å²) >= 11 is 0. The van der Waals surface area contributed by atoms with Gasteiger partial charge < -0.3 is 11.5 Å². The molecule has 14 heteroatoms. The number of allylic oxidation sites excluding steroid dienone is 4. The van der Waals surface area contributed by atoms with Gasteiger partial charge in [-0.05, 0) is 11.6 Å². The van der Waals surface area contributed by atoms with E-state index in [2.05, 4.69) is 11.5 Å². The topological polar surface area (TPSA) is 52.0 Å². The van der Waals surface area contributed by atoms with Crippen LogP contribution in [-0.2, 0) is 0 Å². The van der Waals surface area contributed by atoms with Crippen LogP contribution in [0.1, 0.15) is 5.56 Å². The predicted molar refractivity (Wildman–Crippen MR) is 70.4 cm³/mol. The molecule has 0 saturated heterocycles. The lowest BCUT2D eigenvalue weighted by atomic mass is 9.68. The smallest absolute Gasteiger partial charge is 0.397 e. The van der Waals surface area contributed by atoms with Crippen LogP contribution in [0.15, 0.2) is 17.6 Å². The van der Waals surface area contributed by atoms with E-state index in [4.69, 9.17) is 0 Å². The van der Waals surface area contributed by atoms with E-state index in [1.54, 1.807) is 0 Å². The molecule has 0 aliphatic heterocycles. The number of nitrogen functional groups attached to an aromatic ring is 1. The first-order valence-electron chi connectivity index (χ1n) is 6.78. The summed E-state index contributed by atoms with van der Waals surface area (Å²) in [5, 5.41) is 0. The van der Waals surface area contributed by atoms with Crippen LogP contribution in [0, 0.1) is 28.7 Å². The van der Waals surface area contributed by atoms with Crippen molar-refractivity contribution in [1.29, 1.82) is 0 Å². The Hall–Kier alpha value is -2.54. The third kappa shape index (κ3) is 2.60. The molecule has 0 heterocycles. The molecule has 2 rings (SSSR count). The third-order valence-electron chi connectivity index (χ3n) is 4.09. The number of hydrogen-bond donors (Lipinski definition) is 2. The zero-order valence-corrected chi connectivity index (χ0v) is 12.8. The van der Waals surface area contributed by atoms with Gasteiger partial charge >= 0.3 is 12.4 Å². The molecule has 1 aliphatic carbocycles. The van der Waals surface area contributed by atoms with Gasteiger partial charge in [0.25, 0.3) is 0 Å². The molecule has 0 fully saturated rings. The number of hydrogen-bond acceptors (Lipinski definition) is 2. The Labute approximate surface area is 147 Å². The van der Waals surface area contributed by atoms with Gasteiger partial charge in [0.05, 0.1) is 11.3 Å². The number of benzene rings is 1. The molecule has 28 heavy (non-hydrogen) atoms. The standard InChI is InChI=1S/C14H6F12N2/c15-3-1-2(4-5(16)7(18)10(28)8(19)6(4)17)12(13(21,22)23,14(24,25)26)11(20)9(3)27/h1,11H,27-28H2. The van der Waals surface area contributed by atoms with E-state index in [9.17, 15) is 52.7 Å². The van der Waals surface area contributed by atoms with Crippen LogP contribution < -0.4 is 11.5 Å². The summed E-state index contributed by atoms with van der Waals surface area (Å²) in [4.78, 5) is 0. The van der Waals surface area contributed by atoms with Crippen LogP contribution >= 0.6 is 0 Å². The second-order valence-corrected chi connectivity index (χ2v) is 5.57. The minimum atomic E-state index is -6.73. The number of alkyl halides is 7. The van der Waals surface area contributed by atoms with E-state index in [1.807, 2.05) is 0 Å². The van der Waals surface area contributed by atoms with Gasteiger partial charge in [-0.3, -0.25) is 0 Å². The molecule has 0 radical (unpaired) electrons. The maximum Gasteiger partial charge on any atom is 0.410 e. The minimum Gasteiger partial charge on any atom is -0.397 e. The lowest BCUT2D eigenvalue weighted by Gasteiger charge is -2.43. The predicted octanol–water partition coefficient (Wildman–Crippen LogP) is 4.81. The van der Waals surface area contributed by atoms with Gasteiger partial charge in [-0.2, -0.15) is 26.3 Å². The number of rotatable bonds is 1. The molecule has 0 amide bonds. The summed E-state index contributed by atoms with van der Waals surface area (Å²) in [5.41, 5.74) is -6.13. The van der Waals surface area contributed by atoms with E-state index in [0.29, 0.717) is 0 Å². The zero-order valence-electron chi connectivity index (χ0n) is 12.8. The Morgan fingerprint density at radius 3 is 1.50 bits per heavy atom. The zero-order chi connectivity index (χ0) is 22.0. The van der Waals surface area contributed by atoms with Crippen LogP contribution in [0.2, 0.25) is 0 Å². The molecule has 1 aliphatic rings. The largest absolute Gasteiger partial charge is 0.410 e. The Morgan fingerprint density at radius 2 is 1.14 bits per heavy atom. The van der Waals surface area contributed by atoms with Crippen LogP contribution in [0.4, 0.5) is 58.4 Å². The minimum absolute atomic E-state index is 0.789. The van der Waals surface area contributed by atoms with E-state index in [-0.39, 0.29) is 0 Å². The van der Waals surface area contributed by atoms with Crippen LogP contribution in [0.3, 0.4) is 0 Å². The SMILES string of the molecule is NC1=C(F)C=C(c2c(F)c(F)c(N)c(F)c2F)C(C(F)(F)F)(C(F)(F)F)C1F. The maximum absolute atomic E-state index is 14.3. The average molecular weight is 430 g/mol. The normalized spacial score (nSPS) is 20.4. The third-order valence-corrected chi connectivity index (χ3v) is 4.09. The lowest BCUT2D eigenvalue weighted by Crippen LogP contribution is -2.59. The van der Waals surface area contributed by atoms with Gasteiger partial charge in [0.15, 0.2) is 29.4 Å². The second-order valence-electron chi connectivity index (χ2n) is 5.57. The summed E-state index contributed by atoms with van der Waals surface area (Å²) in [5.74, 6) is -13.0. The quantitative estimate of drug-likeness (QED) is 0.382. The van der Waals surface area contributed by atoms with Crippen molar-refractivity contribution >= 4 is 11.3 Å². The van der Waals surface area contributed by atoms with Crippen molar-refractivity contribution in [3.8, 4) is 0 Å². The molecular formula is C14H6F12N2. The summed E-state index contributed by atoms with van der Waals surface area (Å²) in [6.07, 6.45) is -18.7. The number of halogens is 12. The van der Waals surface area contributed by atoms with E-state index < -0.39 is 81.6 Å². The van der Waals surface area contributed by atoms with Crippen molar-refractivity contribution in [1.82, 2.24) is 0 Å². The second kappa shape index (κ2) is 6.24. The molecule has 0 bridgehead atoms. The van der Waals surface area contributed by atoms with Gasteiger partial charge in [-0.15, -0.1) is 0 Å². The number of anilines is 1. The van der Waals surface area contributed by atoms with E-state index in [1.165, 1.54) is 0 Å². The Kier molecular flexibility index (Phi) is 4.85. The Morgan fingerprint density at radius 1 is 0.750 bits per heavy atom. The van der Waals surface area contributed by atoms with Gasteiger partial charge in [0.2, 0.25) is 5.41 Å². The number of nitrogens with two attached hydrogens (primary N) is 2. The summed E-state index contributed by atoms with van der Waals surface area (Å²) < 4.78 is 164. The van der Waals surface area contributed by atoms with Gasteiger partial charge in [-0.25, -0.2) is 26.3 Å². The molecule has 1 unspecified atom stereocenters. The maximum atomic E-state index is 14.3. The van der Waals surface area contributed by atoms with Gasteiger partial charge in [-0.1, -0.05) is 0 Å². The lowest BCUT2D eigenvalue weighted by molar-refractivity contribution is -0.330. The molecule has 4 N–H and O–H groups in total. The fraction of sp³-hybridized carbons (Fsp3) is 0.286. The van der Waals surface area contributed by atoms with Crippen LogP contribution in [0.5, 0.6) is 0 Å². The van der Waals surface area contributed by atoms with Gasteiger partial charge in [0.1, 0.15) is 11.5 Å². The highest BCUT2D eigenvalue weighted by atomic mass is 19.4. The molecule has 1 aromatic rings. The van der Waals surface area contributed by atoms with Crippen molar-refractivity contribution in [3.05, 3.63) is 46.4 Å². The fourth-order valence-electron chi connectivity index (χ4n) is 2.72. The first kappa shape index (κ1) is 21.8. The molecular weight excluding hydrogens is 424 g/mol.